The van der Waals surface area contributed by atoms with Gasteiger partial charge in [0.05, 0.1) is 4.47 Å². The van der Waals surface area contributed by atoms with Crippen molar-refractivity contribution >= 4 is 15.9 Å². The normalized spacial score (nSPS) is 21.5. The first-order valence-electron chi connectivity index (χ1n) is 4.88. The number of halogens is 2. The highest BCUT2D eigenvalue weighted by molar-refractivity contribution is 9.10. The Labute approximate surface area is 91.8 Å². The predicted octanol–water partition coefficient (Wildman–Crippen LogP) is 3.32. The highest BCUT2D eigenvalue weighted by Crippen LogP contribution is 2.33. The third-order valence-electron chi connectivity index (χ3n) is 2.76. The number of benzene rings is 1. The van der Waals surface area contributed by atoms with E-state index < -0.39 is 0 Å². The summed E-state index contributed by atoms with van der Waals surface area (Å²) in [4.78, 5) is 0. The molecule has 1 aromatic rings. The molecule has 1 N–H and O–H groups in total. The highest BCUT2D eigenvalue weighted by Gasteiger charge is 2.21. The van der Waals surface area contributed by atoms with Gasteiger partial charge >= 0.3 is 0 Å². The molecule has 1 aliphatic heterocycles. The monoisotopic (exact) mass is 257 g/mol. The van der Waals surface area contributed by atoms with Crippen molar-refractivity contribution < 1.29 is 4.39 Å². The van der Waals surface area contributed by atoms with Gasteiger partial charge in [-0.1, -0.05) is 6.07 Å². The zero-order valence-electron chi connectivity index (χ0n) is 8.11. The molecule has 0 aromatic heterocycles. The quantitative estimate of drug-likeness (QED) is 0.814. The maximum absolute atomic E-state index is 13.3. The van der Waals surface area contributed by atoms with Crippen LogP contribution in [0.25, 0.3) is 0 Å². The molecular formula is C11H13BrFN. The van der Waals surface area contributed by atoms with E-state index in [0.29, 0.717) is 10.5 Å². The molecule has 0 aliphatic carbocycles. The molecule has 0 bridgehead atoms. The third-order valence-corrected chi connectivity index (χ3v) is 3.57. The standard InChI is InChI=1S/C11H13BrFN/c1-7-4-5-8(13)11(12)10(7)9-3-2-6-14-9/h4-5,9,14H,2-3,6H2,1H3. The topological polar surface area (TPSA) is 12.0 Å². The molecule has 1 atom stereocenters. The number of hydrogen-bond acceptors (Lipinski definition) is 1. The van der Waals surface area contributed by atoms with Crippen molar-refractivity contribution in [2.75, 3.05) is 6.54 Å². The van der Waals surface area contributed by atoms with Crippen molar-refractivity contribution in [2.24, 2.45) is 0 Å². The minimum Gasteiger partial charge on any atom is -0.310 e. The first-order valence-corrected chi connectivity index (χ1v) is 5.67. The summed E-state index contributed by atoms with van der Waals surface area (Å²) in [6, 6.07) is 3.67. The molecule has 76 valence electrons. The third kappa shape index (κ3) is 1.71. The lowest BCUT2D eigenvalue weighted by Crippen LogP contribution is -2.15. The lowest BCUT2D eigenvalue weighted by Gasteiger charge is -2.16. The van der Waals surface area contributed by atoms with E-state index in [1.165, 1.54) is 12.5 Å². The van der Waals surface area contributed by atoms with Crippen LogP contribution in [0.3, 0.4) is 0 Å². The Bertz CT molecular complexity index is 345. The molecule has 1 aromatic carbocycles. The van der Waals surface area contributed by atoms with Crippen LogP contribution in [-0.4, -0.2) is 6.54 Å². The number of aryl methyl sites for hydroxylation is 1. The van der Waals surface area contributed by atoms with Gasteiger partial charge in [0.1, 0.15) is 5.82 Å². The zero-order chi connectivity index (χ0) is 10.1. The summed E-state index contributed by atoms with van der Waals surface area (Å²) in [5.41, 5.74) is 2.24. The molecule has 0 spiro atoms. The van der Waals surface area contributed by atoms with E-state index in [9.17, 15) is 4.39 Å². The average molecular weight is 258 g/mol. The number of nitrogens with one attached hydrogen (secondary N) is 1. The Balaban J connectivity index is 2.44. The Morgan fingerprint density at radius 1 is 1.50 bits per heavy atom. The average Bonchev–Trinajstić information content (AvgIpc) is 2.65. The van der Waals surface area contributed by atoms with Crippen molar-refractivity contribution in [3.05, 3.63) is 33.5 Å². The first kappa shape index (κ1) is 10.1. The number of rotatable bonds is 1. The first-order chi connectivity index (χ1) is 6.70. The fourth-order valence-electron chi connectivity index (χ4n) is 2.02. The highest BCUT2D eigenvalue weighted by atomic mass is 79.9. The minimum absolute atomic E-state index is 0.167. The maximum atomic E-state index is 13.3. The summed E-state index contributed by atoms with van der Waals surface area (Å²) in [5.74, 6) is -0.167. The van der Waals surface area contributed by atoms with Crippen LogP contribution in [0.15, 0.2) is 16.6 Å². The summed E-state index contributed by atoms with van der Waals surface area (Å²) in [5, 5.41) is 3.39. The molecule has 0 amide bonds. The van der Waals surface area contributed by atoms with E-state index in [0.717, 1.165) is 24.1 Å². The van der Waals surface area contributed by atoms with Crippen molar-refractivity contribution in [3.63, 3.8) is 0 Å². The van der Waals surface area contributed by atoms with Crippen LogP contribution in [0.4, 0.5) is 4.39 Å². The second-order valence-electron chi connectivity index (χ2n) is 3.74. The predicted molar refractivity (Wildman–Crippen MR) is 58.8 cm³/mol. The molecule has 1 unspecified atom stereocenters. The fourth-order valence-corrected chi connectivity index (χ4v) is 2.74. The van der Waals surface area contributed by atoms with Gasteiger partial charge in [0, 0.05) is 6.04 Å². The van der Waals surface area contributed by atoms with Gasteiger partial charge in [0.25, 0.3) is 0 Å². The molecule has 14 heavy (non-hydrogen) atoms. The molecule has 3 heteroatoms. The molecule has 1 nitrogen and oxygen atoms in total. The van der Waals surface area contributed by atoms with Gasteiger partial charge in [-0.05, 0) is 59.4 Å². The second kappa shape index (κ2) is 3.99. The van der Waals surface area contributed by atoms with Gasteiger partial charge < -0.3 is 5.32 Å². The van der Waals surface area contributed by atoms with E-state index in [2.05, 4.69) is 21.2 Å². The summed E-state index contributed by atoms with van der Waals surface area (Å²) in [6.45, 7) is 3.06. The van der Waals surface area contributed by atoms with Crippen LogP contribution in [0.2, 0.25) is 0 Å². The van der Waals surface area contributed by atoms with Crippen molar-refractivity contribution in [3.8, 4) is 0 Å². The largest absolute Gasteiger partial charge is 0.310 e. The molecule has 1 saturated heterocycles. The van der Waals surface area contributed by atoms with Crippen molar-refractivity contribution in [2.45, 2.75) is 25.8 Å². The second-order valence-corrected chi connectivity index (χ2v) is 4.53. The van der Waals surface area contributed by atoms with E-state index >= 15 is 0 Å². The van der Waals surface area contributed by atoms with Gasteiger partial charge in [-0.2, -0.15) is 0 Å². The van der Waals surface area contributed by atoms with Crippen LogP contribution < -0.4 is 5.32 Å². The lowest BCUT2D eigenvalue weighted by molar-refractivity contribution is 0.595. The Morgan fingerprint density at radius 3 is 2.93 bits per heavy atom. The Morgan fingerprint density at radius 2 is 2.29 bits per heavy atom. The molecule has 2 rings (SSSR count). The van der Waals surface area contributed by atoms with Gasteiger partial charge in [0.2, 0.25) is 0 Å². The minimum atomic E-state index is -0.167. The lowest BCUT2D eigenvalue weighted by atomic mass is 10.00. The van der Waals surface area contributed by atoms with E-state index in [-0.39, 0.29) is 5.82 Å². The molecule has 0 radical (unpaired) electrons. The van der Waals surface area contributed by atoms with E-state index in [1.54, 1.807) is 0 Å². The Hall–Kier alpha value is -0.410. The number of hydrogen-bond donors (Lipinski definition) is 1. The van der Waals surface area contributed by atoms with Crippen molar-refractivity contribution in [1.82, 2.24) is 5.32 Å². The van der Waals surface area contributed by atoms with Crippen LogP contribution in [0.5, 0.6) is 0 Å². The van der Waals surface area contributed by atoms with Gasteiger partial charge in [-0.25, -0.2) is 4.39 Å². The molecular weight excluding hydrogens is 245 g/mol. The summed E-state index contributed by atoms with van der Waals surface area (Å²) in [6.07, 6.45) is 2.27. The van der Waals surface area contributed by atoms with Crippen molar-refractivity contribution in [1.29, 1.82) is 0 Å². The molecule has 1 heterocycles. The van der Waals surface area contributed by atoms with Crippen LogP contribution >= 0.6 is 15.9 Å². The summed E-state index contributed by atoms with van der Waals surface area (Å²) in [7, 11) is 0. The smallest absolute Gasteiger partial charge is 0.137 e. The van der Waals surface area contributed by atoms with Crippen LogP contribution in [0.1, 0.15) is 30.0 Å². The zero-order valence-corrected chi connectivity index (χ0v) is 9.70. The van der Waals surface area contributed by atoms with Gasteiger partial charge in [-0.15, -0.1) is 0 Å². The molecule has 0 saturated carbocycles. The Kier molecular flexibility index (Phi) is 2.88. The summed E-state index contributed by atoms with van der Waals surface area (Å²) < 4.78 is 14.0. The summed E-state index contributed by atoms with van der Waals surface area (Å²) >= 11 is 3.33. The van der Waals surface area contributed by atoms with Gasteiger partial charge in [-0.3, -0.25) is 0 Å². The van der Waals surface area contributed by atoms with E-state index in [1.807, 2.05) is 13.0 Å². The molecule has 1 aliphatic rings. The maximum Gasteiger partial charge on any atom is 0.137 e. The van der Waals surface area contributed by atoms with Crippen LogP contribution in [-0.2, 0) is 0 Å². The van der Waals surface area contributed by atoms with Crippen LogP contribution in [0, 0.1) is 12.7 Å². The molecule has 1 fully saturated rings. The SMILES string of the molecule is Cc1ccc(F)c(Br)c1C1CCCN1. The fraction of sp³-hybridized carbons (Fsp3) is 0.455. The van der Waals surface area contributed by atoms with E-state index in [4.69, 9.17) is 0 Å². The van der Waals surface area contributed by atoms with Gasteiger partial charge in [0.15, 0.2) is 0 Å².